The summed E-state index contributed by atoms with van der Waals surface area (Å²) in [6.07, 6.45) is 0. The van der Waals surface area contributed by atoms with Crippen LogP contribution in [0.3, 0.4) is 0 Å². The standard InChI is InChI=1S/C4H7NO3.2ClH/c1-3(6)5-2-4(7)8;;/h2H2,1H3,(H,5,6)(H,7,8);2*1H. The van der Waals surface area contributed by atoms with Gasteiger partial charge in [-0.25, -0.2) is 0 Å². The van der Waals surface area contributed by atoms with Crippen LogP contribution in [0.1, 0.15) is 6.92 Å². The lowest BCUT2D eigenvalue weighted by molar-refractivity contribution is -0.137. The highest BCUT2D eigenvalue weighted by molar-refractivity contribution is 5.85. The second kappa shape index (κ2) is 8.52. The summed E-state index contributed by atoms with van der Waals surface area (Å²) in [5.41, 5.74) is 0. The predicted molar refractivity (Wildman–Crippen MR) is 40.8 cm³/mol. The first-order valence-corrected chi connectivity index (χ1v) is 2.09. The van der Waals surface area contributed by atoms with E-state index < -0.39 is 5.97 Å². The van der Waals surface area contributed by atoms with Gasteiger partial charge in [0.25, 0.3) is 0 Å². The van der Waals surface area contributed by atoms with Crippen molar-refractivity contribution in [2.24, 2.45) is 0 Å². The van der Waals surface area contributed by atoms with Gasteiger partial charge in [0.1, 0.15) is 6.54 Å². The molecule has 4 nitrogen and oxygen atoms in total. The van der Waals surface area contributed by atoms with Crippen LogP contribution < -0.4 is 5.32 Å². The van der Waals surface area contributed by atoms with Crippen LogP contribution >= 0.6 is 24.8 Å². The van der Waals surface area contributed by atoms with E-state index in [0.717, 1.165) is 0 Å². The fraction of sp³-hybridized carbons (Fsp3) is 0.500. The van der Waals surface area contributed by atoms with Crippen LogP contribution in [0.5, 0.6) is 0 Å². The highest BCUT2D eigenvalue weighted by Gasteiger charge is 1.94. The molecule has 62 valence electrons. The van der Waals surface area contributed by atoms with E-state index in [9.17, 15) is 9.59 Å². The summed E-state index contributed by atoms with van der Waals surface area (Å²) in [4.78, 5) is 19.7. The Bertz CT molecular complexity index is 103. The first-order chi connectivity index (χ1) is 3.63. The van der Waals surface area contributed by atoms with Crippen molar-refractivity contribution >= 4 is 36.7 Å². The van der Waals surface area contributed by atoms with E-state index >= 15 is 0 Å². The van der Waals surface area contributed by atoms with E-state index in [2.05, 4.69) is 5.32 Å². The molecule has 6 heteroatoms. The minimum atomic E-state index is -1.03. The molecule has 1 amide bonds. The second-order valence-corrected chi connectivity index (χ2v) is 1.30. The van der Waals surface area contributed by atoms with Crippen LogP contribution in [-0.4, -0.2) is 23.5 Å². The van der Waals surface area contributed by atoms with Crippen LogP contribution in [0, 0.1) is 0 Å². The fourth-order valence-electron chi connectivity index (χ4n) is 0.200. The van der Waals surface area contributed by atoms with Gasteiger partial charge in [-0.2, -0.15) is 0 Å². The number of amides is 1. The van der Waals surface area contributed by atoms with Gasteiger partial charge >= 0.3 is 5.97 Å². The molecule has 0 radical (unpaired) electrons. The monoisotopic (exact) mass is 189 g/mol. The lowest BCUT2D eigenvalue weighted by Crippen LogP contribution is -2.26. The molecule has 0 bridgehead atoms. The molecule has 0 aromatic heterocycles. The molecule has 0 saturated heterocycles. The van der Waals surface area contributed by atoms with Crippen LogP contribution in [0.2, 0.25) is 0 Å². The Kier molecular flexibility index (Phi) is 13.9. The van der Waals surface area contributed by atoms with Crippen molar-refractivity contribution in [1.82, 2.24) is 5.32 Å². The molecule has 0 aliphatic rings. The number of aliphatic carboxylic acids is 1. The highest BCUT2D eigenvalue weighted by atomic mass is 35.5. The van der Waals surface area contributed by atoms with Gasteiger partial charge in [-0.1, -0.05) is 0 Å². The summed E-state index contributed by atoms with van der Waals surface area (Å²) < 4.78 is 0. The Morgan fingerprint density at radius 1 is 1.40 bits per heavy atom. The molecule has 10 heavy (non-hydrogen) atoms. The van der Waals surface area contributed by atoms with Crippen LogP contribution in [-0.2, 0) is 9.59 Å². The van der Waals surface area contributed by atoms with Crippen molar-refractivity contribution < 1.29 is 14.7 Å². The van der Waals surface area contributed by atoms with Gasteiger partial charge in [0.15, 0.2) is 0 Å². The maximum atomic E-state index is 9.97. The average Bonchev–Trinajstić information content (AvgIpc) is 1.61. The number of carbonyl (C=O) groups is 2. The third-order valence-corrected chi connectivity index (χ3v) is 0.489. The molecule has 0 heterocycles. The maximum Gasteiger partial charge on any atom is 0.322 e. The molecule has 0 saturated carbocycles. The molecule has 0 unspecified atom stereocenters. The normalized spacial score (nSPS) is 6.50. The van der Waals surface area contributed by atoms with Gasteiger partial charge in [0.05, 0.1) is 0 Å². The predicted octanol–water partition coefficient (Wildman–Crippen LogP) is 0.0507. The lowest BCUT2D eigenvalue weighted by Gasteiger charge is -1.92. The minimum absolute atomic E-state index is 0. The van der Waals surface area contributed by atoms with Crippen LogP contribution in [0.25, 0.3) is 0 Å². The van der Waals surface area contributed by atoms with Gasteiger partial charge in [0, 0.05) is 6.92 Å². The minimum Gasteiger partial charge on any atom is -0.480 e. The summed E-state index contributed by atoms with van der Waals surface area (Å²) >= 11 is 0. The van der Waals surface area contributed by atoms with E-state index in [1.807, 2.05) is 0 Å². The highest BCUT2D eigenvalue weighted by Crippen LogP contribution is 1.60. The second-order valence-electron chi connectivity index (χ2n) is 1.30. The zero-order chi connectivity index (χ0) is 6.57. The van der Waals surface area contributed by atoms with Gasteiger partial charge in [0.2, 0.25) is 5.91 Å². The first kappa shape index (κ1) is 16.3. The molecule has 0 fully saturated rings. The van der Waals surface area contributed by atoms with E-state index in [4.69, 9.17) is 5.11 Å². The Hall–Kier alpha value is -0.480. The topological polar surface area (TPSA) is 66.4 Å². The van der Waals surface area contributed by atoms with Crippen molar-refractivity contribution in [2.45, 2.75) is 6.92 Å². The van der Waals surface area contributed by atoms with Crippen molar-refractivity contribution in [3.05, 3.63) is 0 Å². The van der Waals surface area contributed by atoms with Gasteiger partial charge < -0.3 is 10.4 Å². The molecule has 0 aliphatic carbocycles. The van der Waals surface area contributed by atoms with Crippen molar-refractivity contribution in [3.63, 3.8) is 0 Å². The molecule has 0 rings (SSSR count). The molecule has 0 spiro atoms. The third-order valence-electron chi connectivity index (χ3n) is 0.489. The summed E-state index contributed by atoms with van der Waals surface area (Å²) in [6.45, 7) is 0.971. The average molecular weight is 190 g/mol. The SMILES string of the molecule is CC(=O)NCC(=O)O.Cl.Cl. The number of carboxylic acid groups (broad SMARTS) is 1. The Labute approximate surface area is 70.8 Å². The van der Waals surface area contributed by atoms with E-state index in [-0.39, 0.29) is 37.3 Å². The lowest BCUT2D eigenvalue weighted by atomic mass is 10.6. The number of halogens is 2. The van der Waals surface area contributed by atoms with Crippen molar-refractivity contribution in [2.75, 3.05) is 6.54 Å². The van der Waals surface area contributed by atoms with Crippen molar-refractivity contribution in [1.29, 1.82) is 0 Å². The number of hydrogen-bond acceptors (Lipinski definition) is 2. The Morgan fingerprint density at radius 2 is 1.80 bits per heavy atom. The smallest absolute Gasteiger partial charge is 0.322 e. The molecular weight excluding hydrogens is 181 g/mol. The van der Waals surface area contributed by atoms with Crippen LogP contribution in [0.15, 0.2) is 0 Å². The van der Waals surface area contributed by atoms with Crippen LogP contribution in [0.4, 0.5) is 0 Å². The molecule has 0 atom stereocenters. The van der Waals surface area contributed by atoms with Gasteiger partial charge in [-0.3, -0.25) is 9.59 Å². The zero-order valence-corrected chi connectivity index (χ0v) is 6.92. The molecule has 0 aliphatic heterocycles. The summed E-state index contributed by atoms with van der Waals surface area (Å²) in [5.74, 6) is -1.35. The summed E-state index contributed by atoms with van der Waals surface area (Å²) in [7, 11) is 0. The van der Waals surface area contributed by atoms with Gasteiger partial charge in [-0.05, 0) is 0 Å². The number of rotatable bonds is 2. The maximum absolute atomic E-state index is 9.97. The molecule has 2 N–H and O–H groups in total. The number of hydrogen-bond donors (Lipinski definition) is 2. The number of carbonyl (C=O) groups excluding carboxylic acids is 1. The Balaban J connectivity index is -0.000000245. The van der Waals surface area contributed by atoms with E-state index in [1.54, 1.807) is 0 Å². The van der Waals surface area contributed by atoms with Crippen molar-refractivity contribution in [3.8, 4) is 0 Å². The van der Waals surface area contributed by atoms with E-state index in [0.29, 0.717) is 0 Å². The summed E-state index contributed by atoms with van der Waals surface area (Å²) in [6, 6.07) is 0. The van der Waals surface area contributed by atoms with E-state index in [1.165, 1.54) is 6.92 Å². The largest absolute Gasteiger partial charge is 0.480 e. The molecule has 0 aromatic carbocycles. The quantitative estimate of drug-likeness (QED) is 0.646. The third kappa shape index (κ3) is 15.6. The molecular formula is C4H9Cl2NO3. The van der Waals surface area contributed by atoms with Gasteiger partial charge in [-0.15, -0.1) is 24.8 Å². The summed E-state index contributed by atoms with van der Waals surface area (Å²) in [5, 5.41) is 10.1. The fourth-order valence-corrected chi connectivity index (χ4v) is 0.200. The molecule has 0 aromatic rings. The number of nitrogens with one attached hydrogen (secondary N) is 1. The first-order valence-electron chi connectivity index (χ1n) is 2.09. The zero-order valence-electron chi connectivity index (χ0n) is 5.29. The Morgan fingerprint density at radius 3 is 1.90 bits per heavy atom. The number of carboxylic acids is 1.